The SMILES string of the molecule is CNCCC(=O)c1ccc2cc(C)ccc2c1. The molecule has 2 rings (SSSR count). The van der Waals surface area contributed by atoms with Crippen LogP contribution in [0.1, 0.15) is 22.3 Å². The average Bonchev–Trinajstić information content (AvgIpc) is 2.35. The molecule has 0 amide bonds. The fourth-order valence-electron chi connectivity index (χ4n) is 1.92. The molecule has 0 atom stereocenters. The number of hydrogen-bond donors (Lipinski definition) is 1. The summed E-state index contributed by atoms with van der Waals surface area (Å²) < 4.78 is 0. The lowest BCUT2D eigenvalue weighted by atomic mass is 10.0. The quantitative estimate of drug-likeness (QED) is 0.814. The lowest BCUT2D eigenvalue weighted by Crippen LogP contribution is -2.12. The second-order valence-electron chi connectivity index (χ2n) is 4.34. The Morgan fingerprint density at radius 2 is 1.82 bits per heavy atom. The summed E-state index contributed by atoms with van der Waals surface area (Å²) in [6, 6.07) is 12.2. The first-order chi connectivity index (χ1) is 8.20. The van der Waals surface area contributed by atoms with Gasteiger partial charge in [-0.25, -0.2) is 0 Å². The highest BCUT2D eigenvalue weighted by molar-refractivity contribution is 6.00. The summed E-state index contributed by atoms with van der Waals surface area (Å²) >= 11 is 0. The summed E-state index contributed by atoms with van der Waals surface area (Å²) in [5, 5.41) is 5.31. The number of fused-ring (bicyclic) bond motifs is 1. The van der Waals surface area contributed by atoms with Gasteiger partial charge in [0.25, 0.3) is 0 Å². The van der Waals surface area contributed by atoms with E-state index in [0.29, 0.717) is 6.42 Å². The molecule has 0 saturated heterocycles. The van der Waals surface area contributed by atoms with Crippen molar-refractivity contribution in [3.05, 3.63) is 47.5 Å². The molecule has 2 nitrogen and oxygen atoms in total. The predicted molar refractivity (Wildman–Crippen MR) is 71.6 cm³/mol. The van der Waals surface area contributed by atoms with Crippen LogP contribution in [0.15, 0.2) is 36.4 Å². The van der Waals surface area contributed by atoms with Crippen molar-refractivity contribution in [1.29, 1.82) is 0 Å². The standard InChI is InChI=1S/C15H17NO/c1-11-3-4-13-10-14(6-5-12(13)9-11)15(17)7-8-16-2/h3-6,9-10,16H,7-8H2,1-2H3. The van der Waals surface area contributed by atoms with E-state index >= 15 is 0 Å². The van der Waals surface area contributed by atoms with Crippen LogP contribution in [0.5, 0.6) is 0 Å². The molecule has 0 aliphatic heterocycles. The van der Waals surface area contributed by atoms with E-state index in [-0.39, 0.29) is 5.78 Å². The number of carbonyl (C=O) groups excluding carboxylic acids is 1. The lowest BCUT2D eigenvalue weighted by Gasteiger charge is -2.04. The summed E-state index contributed by atoms with van der Waals surface area (Å²) in [5.74, 6) is 0.196. The summed E-state index contributed by atoms with van der Waals surface area (Å²) in [6.07, 6.45) is 0.549. The Labute approximate surface area is 102 Å². The highest BCUT2D eigenvalue weighted by atomic mass is 16.1. The van der Waals surface area contributed by atoms with Gasteiger partial charge in [-0.15, -0.1) is 0 Å². The van der Waals surface area contributed by atoms with Gasteiger partial charge >= 0.3 is 0 Å². The number of nitrogens with one attached hydrogen (secondary N) is 1. The molecule has 88 valence electrons. The molecule has 2 aromatic carbocycles. The molecule has 0 radical (unpaired) electrons. The Balaban J connectivity index is 2.31. The number of aryl methyl sites for hydroxylation is 1. The minimum Gasteiger partial charge on any atom is -0.319 e. The van der Waals surface area contributed by atoms with Crippen molar-refractivity contribution < 1.29 is 4.79 Å². The maximum absolute atomic E-state index is 11.9. The number of rotatable bonds is 4. The monoisotopic (exact) mass is 227 g/mol. The van der Waals surface area contributed by atoms with E-state index in [4.69, 9.17) is 0 Å². The lowest BCUT2D eigenvalue weighted by molar-refractivity contribution is 0.0983. The van der Waals surface area contributed by atoms with Crippen LogP contribution >= 0.6 is 0 Å². The smallest absolute Gasteiger partial charge is 0.164 e. The molecular weight excluding hydrogens is 210 g/mol. The van der Waals surface area contributed by atoms with Gasteiger partial charge in [-0.1, -0.05) is 35.9 Å². The second-order valence-corrected chi connectivity index (χ2v) is 4.34. The number of carbonyl (C=O) groups is 1. The third-order valence-corrected chi connectivity index (χ3v) is 2.92. The Morgan fingerprint density at radius 3 is 2.59 bits per heavy atom. The van der Waals surface area contributed by atoms with E-state index in [1.54, 1.807) is 0 Å². The minimum atomic E-state index is 0.196. The molecule has 1 N–H and O–H groups in total. The fraction of sp³-hybridized carbons (Fsp3) is 0.267. The van der Waals surface area contributed by atoms with E-state index in [0.717, 1.165) is 17.5 Å². The first kappa shape index (κ1) is 11.8. The van der Waals surface area contributed by atoms with Crippen LogP contribution in [0.2, 0.25) is 0 Å². The zero-order valence-corrected chi connectivity index (χ0v) is 10.3. The van der Waals surface area contributed by atoms with Gasteiger partial charge in [-0.2, -0.15) is 0 Å². The van der Waals surface area contributed by atoms with Crippen molar-refractivity contribution in [2.24, 2.45) is 0 Å². The van der Waals surface area contributed by atoms with Crippen LogP contribution in [-0.2, 0) is 0 Å². The van der Waals surface area contributed by atoms with Gasteiger partial charge in [0.2, 0.25) is 0 Å². The Kier molecular flexibility index (Phi) is 3.55. The second kappa shape index (κ2) is 5.11. The number of Topliss-reactive ketones (excluding diaryl/α,β-unsaturated/α-hetero) is 1. The van der Waals surface area contributed by atoms with Gasteiger partial charge in [-0.3, -0.25) is 4.79 Å². The number of ketones is 1. The van der Waals surface area contributed by atoms with Crippen LogP contribution in [-0.4, -0.2) is 19.4 Å². The molecule has 0 aliphatic rings. The van der Waals surface area contributed by atoms with Gasteiger partial charge in [0.1, 0.15) is 0 Å². The maximum atomic E-state index is 11.9. The Morgan fingerprint density at radius 1 is 1.12 bits per heavy atom. The van der Waals surface area contributed by atoms with Gasteiger partial charge in [0.05, 0.1) is 0 Å². The summed E-state index contributed by atoms with van der Waals surface area (Å²) in [7, 11) is 1.86. The van der Waals surface area contributed by atoms with Crippen LogP contribution in [0.25, 0.3) is 10.8 Å². The van der Waals surface area contributed by atoms with Crippen LogP contribution in [0.4, 0.5) is 0 Å². The van der Waals surface area contributed by atoms with Crippen molar-refractivity contribution in [3.8, 4) is 0 Å². The topological polar surface area (TPSA) is 29.1 Å². The largest absolute Gasteiger partial charge is 0.319 e. The molecule has 0 saturated carbocycles. The van der Waals surface area contributed by atoms with E-state index in [1.807, 2.05) is 25.2 Å². The van der Waals surface area contributed by atoms with Gasteiger partial charge < -0.3 is 5.32 Å². The van der Waals surface area contributed by atoms with E-state index in [2.05, 4.69) is 30.4 Å². The van der Waals surface area contributed by atoms with E-state index in [1.165, 1.54) is 10.9 Å². The summed E-state index contributed by atoms with van der Waals surface area (Å²) in [4.78, 5) is 11.9. The summed E-state index contributed by atoms with van der Waals surface area (Å²) in [5.41, 5.74) is 2.04. The molecule has 2 heteroatoms. The highest BCUT2D eigenvalue weighted by Gasteiger charge is 2.05. The fourth-order valence-corrected chi connectivity index (χ4v) is 1.92. The third kappa shape index (κ3) is 2.71. The molecular formula is C15H17NO. The Bertz CT molecular complexity index is 546. The van der Waals surface area contributed by atoms with E-state index in [9.17, 15) is 4.79 Å². The van der Waals surface area contributed by atoms with Gasteiger partial charge in [0, 0.05) is 18.5 Å². The zero-order chi connectivity index (χ0) is 12.3. The molecule has 0 aliphatic carbocycles. The Hall–Kier alpha value is -1.67. The van der Waals surface area contributed by atoms with Crippen LogP contribution < -0.4 is 5.32 Å². The highest BCUT2D eigenvalue weighted by Crippen LogP contribution is 2.18. The maximum Gasteiger partial charge on any atom is 0.164 e. The van der Waals surface area contributed by atoms with Crippen molar-refractivity contribution >= 4 is 16.6 Å². The normalized spacial score (nSPS) is 10.7. The molecule has 0 unspecified atom stereocenters. The average molecular weight is 227 g/mol. The third-order valence-electron chi connectivity index (χ3n) is 2.92. The minimum absolute atomic E-state index is 0.196. The number of benzene rings is 2. The molecule has 17 heavy (non-hydrogen) atoms. The predicted octanol–water partition coefficient (Wildman–Crippen LogP) is 2.94. The van der Waals surface area contributed by atoms with Gasteiger partial charge in [-0.05, 0) is 30.8 Å². The molecule has 2 aromatic rings. The van der Waals surface area contributed by atoms with Crippen molar-refractivity contribution in [3.63, 3.8) is 0 Å². The molecule has 0 spiro atoms. The van der Waals surface area contributed by atoms with Crippen molar-refractivity contribution in [2.45, 2.75) is 13.3 Å². The van der Waals surface area contributed by atoms with Gasteiger partial charge in [0.15, 0.2) is 5.78 Å². The molecule has 0 heterocycles. The molecule has 0 fully saturated rings. The number of hydrogen-bond acceptors (Lipinski definition) is 2. The van der Waals surface area contributed by atoms with E-state index < -0.39 is 0 Å². The zero-order valence-electron chi connectivity index (χ0n) is 10.3. The van der Waals surface area contributed by atoms with Crippen molar-refractivity contribution in [1.82, 2.24) is 5.32 Å². The molecule has 0 aromatic heterocycles. The first-order valence-electron chi connectivity index (χ1n) is 5.89. The van der Waals surface area contributed by atoms with Crippen LogP contribution in [0.3, 0.4) is 0 Å². The summed E-state index contributed by atoms with van der Waals surface area (Å²) in [6.45, 7) is 2.80. The first-order valence-corrected chi connectivity index (χ1v) is 5.89. The van der Waals surface area contributed by atoms with Crippen LogP contribution in [0, 0.1) is 6.92 Å². The molecule has 0 bridgehead atoms. The van der Waals surface area contributed by atoms with Crippen molar-refractivity contribution in [2.75, 3.05) is 13.6 Å².